The summed E-state index contributed by atoms with van der Waals surface area (Å²) in [6.07, 6.45) is 1.01. The molecule has 0 bridgehead atoms. The Hall–Kier alpha value is -2.99. The van der Waals surface area contributed by atoms with E-state index in [1.165, 1.54) is 11.1 Å². The molecular formula is C23H26N4O2. The number of hydrogen-bond acceptors (Lipinski definition) is 5. The molecule has 6 nitrogen and oxygen atoms in total. The average Bonchev–Trinajstić information content (AvgIpc) is 3.23. The minimum absolute atomic E-state index is 0.104. The third-order valence-corrected chi connectivity index (χ3v) is 5.18. The molecule has 0 fully saturated rings. The molecule has 3 aromatic rings. The number of aromatic nitrogens is 2. The SMILES string of the molecule is CC(C)(C)c1noc(-c2ccccc2C(=O)NCC2NCCc3ccccc32)n1. The molecule has 1 aromatic heterocycles. The Morgan fingerprint density at radius 2 is 1.93 bits per heavy atom. The van der Waals surface area contributed by atoms with Crippen LogP contribution in [0.5, 0.6) is 0 Å². The molecule has 0 saturated heterocycles. The van der Waals surface area contributed by atoms with E-state index in [2.05, 4.69) is 39.0 Å². The molecule has 0 aliphatic carbocycles. The summed E-state index contributed by atoms with van der Waals surface area (Å²) >= 11 is 0. The van der Waals surface area contributed by atoms with E-state index >= 15 is 0 Å². The van der Waals surface area contributed by atoms with Crippen molar-refractivity contribution in [3.63, 3.8) is 0 Å². The number of hydrogen-bond donors (Lipinski definition) is 2. The lowest BCUT2D eigenvalue weighted by Crippen LogP contribution is -2.39. The number of nitrogens with zero attached hydrogens (tertiary/aromatic N) is 2. The van der Waals surface area contributed by atoms with Crippen molar-refractivity contribution in [2.45, 2.75) is 38.6 Å². The smallest absolute Gasteiger partial charge is 0.258 e. The third-order valence-electron chi connectivity index (χ3n) is 5.18. The van der Waals surface area contributed by atoms with Gasteiger partial charge in [0.15, 0.2) is 5.82 Å². The number of benzene rings is 2. The van der Waals surface area contributed by atoms with E-state index in [-0.39, 0.29) is 17.4 Å². The van der Waals surface area contributed by atoms with Crippen LogP contribution >= 0.6 is 0 Å². The summed E-state index contributed by atoms with van der Waals surface area (Å²) in [5.74, 6) is 0.827. The Morgan fingerprint density at radius 3 is 2.72 bits per heavy atom. The van der Waals surface area contributed by atoms with Gasteiger partial charge in [-0.1, -0.05) is 62.3 Å². The molecular weight excluding hydrogens is 364 g/mol. The van der Waals surface area contributed by atoms with E-state index in [4.69, 9.17) is 4.52 Å². The number of rotatable bonds is 4. The Kier molecular flexibility index (Phi) is 5.20. The summed E-state index contributed by atoms with van der Waals surface area (Å²) in [7, 11) is 0. The minimum atomic E-state index is -0.223. The number of nitrogens with one attached hydrogen (secondary N) is 2. The second kappa shape index (κ2) is 7.79. The fraction of sp³-hybridized carbons (Fsp3) is 0.348. The van der Waals surface area contributed by atoms with Crippen molar-refractivity contribution in [2.75, 3.05) is 13.1 Å². The van der Waals surface area contributed by atoms with Gasteiger partial charge in [0.25, 0.3) is 11.8 Å². The Morgan fingerprint density at radius 1 is 1.17 bits per heavy atom. The molecule has 1 unspecified atom stereocenters. The van der Waals surface area contributed by atoms with Crippen molar-refractivity contribution in [2.24, 2.45) is 0 Å². The van der Waals surface area contributed by atoms with Gasteiger partial charge >= 0.3 is 0 Å². The molecule has 150 valence electrons. The predicted molar refractivity (Wildman–Crippen MR) is 112 cm³/mol. The molecule has 0 radical (unpaired) electrons. The van der Waals surface area contributed by atoms with Crippen molar-refractivity contribution < 1.29 is 9.32 Å². The Labute approximate surface area is 170 Å². The van der Waals surface area contributed by atoms with E-state index in [9.17, 15) is 4.79 Å². The van der Waals surface area contributed by atoms with Gasteiger partial charge in [-0.15, -0.1) is 0 Å². The standard InChI is InChI=1S/C23H26N4O2/c1-23(2,3)22-26-21(29-27-22)18-11-7-6-10-17(18)20(28)25-14-19-16-9-5-4-8-15(16)12-13-24-19/h4-11,19,24H,12-14H2,1-3H3,(H,25,28). The van der Waals surface area contributed by atoms with Crippen molar-refractivity contribution in [3.8, 4) is 11.5 Å². The van der Waals surface area contributed by atoms with E-state index < -0.39 is 0 Å². The molecule has 2 aromatic carbocycles. The summed E-state index contributed by atoms with van der Waals surface area (Å²) in [5.41, 5.74) is 3.54. The monoisotopic (exact) mass is 390 g/mol. The van der Waals surface area contributed by atoms with Gasteiger partial charge in [-0.3, -0.25) is 4.79 Å². The average molecular weight is 390 g/mol. The maximum atomic E-state index is 13.0. The maximum Gasteiger partial charge on any atom is 0.258 e. The molecule has 0 saturated carbocycles. The van der Waals surface area contributed by atoms with E-state index in [1.54, 1.807) is 6.07 Å². The summed E-state index contributed by atoms with van der Waals surface area (Å²) in [6.45, 7) is 7.49. The van der Waals surface area contributed by atoms with Crippen molar-refractivity contribution in [3.05, 3.63) is 71.0 Å². The second-order valence-electron chi connectivity index (χ2n) is 8.38. The minimum Gasteiger partial charge on any atom is -0.350 e. The van der Waals surface area contributed by atoms with Crippen LogP contribution in [-0.2, 0) is 11.8 Å². The zero-order valence-electron chi connectivity index (χ0n) is 17.0. The molecule has 1 amide bonds. The zero-order chi connectivity index (χ0) is 20.4. The number of fused-ring (bicyclic) bond motifs is 1. The van der Waals surface area contributed by atoms with Gasteiger partial charge in [0.2, 0.25) is 0 Å². The molecule has 1 aliphatic rings. The van der Waals surface area contributed by atoms with Gasteiger partial charge in [-0.2, -0.15) is 4.98 Å². The van der Waals surface area contributed by atoms with Gasteiger partial charge in [-0.05, 0) is 36.2 Å². The molecule has 29 heavy (non-hydrogen) atoms. The largest absolute Gasteiger partial charge is 0.350 e. The zero-order valence-corrected chi connectivity index (χ0v) is 17.0. The maximum absolute atomic E-state index is 13.0. The first kappa shape index (κ1) is 19.3. The third kappa shape index (κ3) is 4.07. The van der Waals surface area contributed by atoms with E-state index in [0.717, 1.165) is 13.0 Å². The normalized spacial score (nSPS) is 16.3. The molecule has 2 N–H and O–H groups in total. The first-order valence-corrected chi connectivity index (χ1v) is 9.96. The summed E-state index contributed by atoms with van der Waals surface area (Å²) in [4.78, 5) is 17.5. The van der Waals surface area contributed by atoms with Crippen LogP contribution in [0.3, 0.4) is 0 Å². The van der Waals surface area contributed by atoms with Crippen molar-refractivity contribution in [1.29, 1.82) is 0 Å². The van der Waals surface area contributed by atoms with Gasteiger partial charge in [0, 0.05) is 18.0 Å². The molecule has 2 heterocycles. The van der Waals surface area contributed by atoms with E-state index in [1.807, 2.05) is 45.0 Å². The molecule has 6 heteroatoms. The lowest BCUT2D eigenvalue weighted by Gasteiger charge is -2.27. The molecule has 0 spiro atoms. The van der Waals surface area contributed by atoms with Crippen molar-refractivity contribution >= 4 is 5.91 Å². The van der Waals surface area contributed by atoms with Crippen LogP contribution in [0.25, 0.3) is 11.5 Å². The highest BCUT2D eigenvalue weighted by molar-refractivity contribution is 5.99. The second-order valence-corrected chi connectivity index (χ2v) is 8.38. The molecule has 1 aliphatic heterocycles. The number of carbonyl (C=O) groups is 1. The molecule has 4 rings (SSSR count). The van der Waals surface area contributed by atoms with Crippen LogP contribution in [0.15, 0.2) is 53.1 Å². The van der Waals surface area contributed by atoms with Crippen LogP contribution in [0.2, 0.25) is 0 Å². The van der Waals surface area contributed by atoms with E-state index in [0.29, 0.717) is 29.4 Å². The first-order valence-electron chi connectivity index (χ1n) is 9.96. The number of amides is 1. The predicted octanol–water partition coefficient (Wildman–Crippen LogP) is 3.65. The van der Waals surface area contributed by atoms with Crippen LogP contribution < -0.4 is 10.6 Å². The first-order chi connectivity index (χ1) is 13.9. The highest BCUT2D eigenvalue weighted by Gasteiger charge is 2.24. The van der Waals surface area contributed by atoms with Gasteiger partial charge in [0.05, 0.1) is 11.1 Å². The summed E-state index contributed by atoms with van der Waals surface area (Å²) < 4.78 is 5.46. The highest BCUT2D eigenvalue weighted by Crippen LogP contribution is 2.26. The van der Waals surface area contributed by atoms with Gasteiger partial charge in [-0.25, -0.2) is 0 Å². The van der Waals surface area contributed by atoms with Crippen LogP contribution in [-0.4, -0.2) is 29.1 Å². The van der Waals surface area contributed by atoms with Crippen LogP contribution in [0.1, 0.15) is 54.1 Å². The van der Waals surface area contributed by atoms with Crippen molar-refractivity contribution in [1.82, 2.24) is 20.8 Å². The van der Waals surface area contributed by atoms with Gasteiger partial charge < -0.3 is 15.2 Å². The molecule has 1 atom stereocenters. The fourth-order valence-corrected chi connectivity index (χ4v) is 3.57. The summed E-state index contributed by atoms with van der Waals surface area (Å²) in [6, 6.07) is 15.8. The highest BCUT2D eigenvalue weighted by atomic mass is 16.5. The van der Waals surface area contributed by atoms with Crippen LogP contribution in [0, 0.1) is 0 Å². The Bertz CT molecular complexity index is 1020. The fourth-order valence-electron chi connectivity index (χ4n) is 3.57. The quantitative estimate of drug-likeness (QED) is 0.711. The lowest BCUT2D eigenvalue weighted by atomic mass is 9.94. The topological polar surface area (TPSA) is 80.0 Å². The lowest BCUT2D eigenvalue weighted by molar-refractivity contribution is 0.0949. The van der Waals surface area contributed by atoms with Gasteiger partial charge in [0.1, 0.15) is 0 Å². The van der Waals surface area contributed by atoms with Crippen LogP contribution in [0.4, 0.5) is 0 Å². The Balaban J connectivity index is 1.53. The number of carbonyl (C=O) groups excluding carboxylic acids is 1. The summed E-state index contributed by atoms with van der Waals surface area (Å²) in [5, 5.41) is 10.6.